The zero-order valence-electron chi connectivity index (χ0n) is 7.76. The predicted molar refractivity (Wildman–Crippen MR) is 43.5 cm³/mol. The maximum absolute atomic E-state index is 8.29. The van der Waals surface area contributed by atoms with E-state index in [9.17, 15) is 0 Å². The molecule has 0 bridgehead atoms. The summed E-state index contributed by atoms with van der Waals surface area (Å²) in [6, 6.07) is 0. The average molecular weight is 272 g/mol. The first-order valence-corrected chi connectivity index (χ1v) is 2.67. The molecule has 8 nitrogen and oxygen atoms in total. The molecule has 0 aromatic carbocycles. The van der Waals surface area contributed by atoms with E-state index in [1.54, 1.807) is 0 Å². The molecule has 0 unspecified atom stereocenters. The Kier molecular flexibility index (Phi) is 793. The molecule has 0 spiro atoms. The second-order valence-corrected chi connectivity index (χ2v) is 0.449. The van der Waals surface area contributed by atoms with E-state index in [0.29, 0.717) is 0 Å². The quantitative estimate of drug-likeness (QED) is 0.321. The smallest absolute Gasteiger partial charge is 0.811 e. The van der Waals surface area contributed by atoms with Crippen LogP contribution in [0.5, 0.6) is 0 Å². The molecule has 14 heavy (non-hydrogen) atoms. The van der Waals surface area contributed by atoms with E-state index in [-0.39, 0.29) is 82.4 Å². The van der Waals surface area contributed by atoms with E-state index in [1.165, 1.54) is 0 Å². The summed E-state index contributed by atoms with van der Waals surface area (Å²) in [7, 11) is 0. The average Bonchev–Trinajstić information content (AvgIpc) is 1.99. The summed E-state index contributed by atoms with van der Waals surface area (Å²) in [5.41, 5.74) is 0. The molecule has 6 N–H and O–H groups in total. The van der Waals surface area contributed by atoms with Crippen LogP contribution in [0.2, 0.25) is 0 Å². The van der Waals surface area contributed by atoms with Crippen LogP contribution in [-0.2, 0) is 9.59 Å². The van der Waals surface area contributed by atoms with Crippen LogP contribution in [0.4, 0.5) is 0 Å². The normalized spacial score (nSPS) is 3.14. The minimum Gasteiger partial charge on any atom is -0.811 e. The standard InChI is InChI=1S/2CH2O.2Na.2H2O2S.2H2O/c2*1-2;;;2*1-3-2;;/h2*1H2;;;2*1-2H;2*1H2/q;;2*+1;;;;/p-2. The molecule has 0 saturated carbocycles. The Bertz CT molecular complexity index is 35.3. The minimum absolute atomic E-state index is 0. The zero-order valence-corrected chi connectivity index (χ0v) is 13.4. The maximum Gasteiger partial charge on any atom is 1.00 e. The Balaban J connectivity index is -0.00000000530. The largest absolute Gasteiger partial charge is 1.00 e. The fraction of sp³-hybridized carbons (Fsp3) is 0. The number of carbonyl (C=O) groups is 2. The Hall–Kier alpha value is 1.80. The third-order valence-electron chi connectivity index (χ3n) is 0. The van der Waals surface area contributed by atoms with Crippen LogP contribution >= 0.6 is 24.6 Å². The Morgan fingerprint density at radius 3 is 0.857 bits per heavy atom. The fourth-order valence-corrected chi connectivity index (χ4v) is 0. The molecule has 0 aromatic heterocycles. The maximum atomic E-state index is 8.29. The van der Waals surface area contributed by atoms with E-state index < -0.39 is 12.3 Å². The number of rotatable bonds is 0. The van der Waals surface area contributed by atoms with Gasteiger partial charge >= 0.3 is 59.1 Å². The van der Waals surface area contributed by atoms with E-state index in [2.05, 4.69) is 0 Å². The van der Waals surface area contributed by atoms with Gasteiger partial charge < -0.3 is 51.1 Å². The van der Waals surface area contributed by atoms with Crippen molar-refractivity contribution in [3.63, 3.8) is 0 Å². The van der Waals surface area contributed by atoms with Crippen molar-refractivity contribution in [1.82, 2.24) is 0 Å². The second-order valence-electron chi connectivity index (χ2n) is 0.150. The van der Waals surface area contributed by atoms with Crippen LogP contribution in [0.15, 0.2) is 0 Å². The summed E-state index contributed by atoms with van der Waals surface area (Å²) >= 11 is -1.00. The van der Waals surface area contributed by atoms with Crippen LogP contribution in [0, 0.1) is 0 Å². The van der Waals surface area contributed by atoms with Crippen molar-refractivity contribution in [2.75, 3.05) is 0 Å². The third-order valence-corrected chi connectivity index (χ3v) is 0. The zero-order chi connectivity index (χ0) is 9.41. The van der Waals surface area contributed by atoms with Crippen molar-refractivity contribution in [3.05, 3.63) is 0 Å². The van der Waals surface area contributed by atoms with Crippen molar-refractivity contribution in [2.24, 2.45) is 0 Å². The van der Waals surface area contributed by atoms with Gasteiger partial charge in [-0.1, -0.05) is 0 Å². The van der Waals surface area contributed by atoms with E-state index in [4.69, 9.17) is 27.8 Å². The van der Waals surface area contributed by atoms with Gasteiger partial charge in [-0.25, -0.2) is 0 Å². The molecule has 0 radical (unpaired) electrons. The first-order valence-electron chi connectivity index (χ1n) is 1.28. The fourth-order valence-electron chi connectivity index (χ4n) is 0. The molecule has 0 amide bonds. The summed E-state index contributed by atoms with van der Waals surface area (Å²) in [5, 5.41) is 0. The molecule has 80 valence electrons. The molecule has 12 heteroatoms. The van der Waals surface area contributed by atoms with Crippen molar-refractivity contribution < 1.29 is 97.9 Å². The van der Waals surface area contributed by atoms with E-state index >= 15 is 0 Å². The Morgan fingerprint density at radius 1 is 0.857 bits per heavy atom. The summed E-state index contributed by atoms with van der Waals surface area (Å²) in [6.07, 6.45) is 0. The van der Waals surface area contributed by atoms with Gasteiger partial charge in [0, 0.05) is 0 Å². The molecule has 0 aromatic rings. The van der Waals surface area contributed by atoms with Crippen molar-refractivity contribution in [3.8, 4) is 0 Å². The molecule has 0 heterocycles. The van der Waals surface area contributed by atoms with Crippen LogP contribution in [-0.4, -0.2) is 42.7 Å². The number of hydrogen-bond donors (Lipinski definition) is 2. The van der Waals surface area contributed by atoms with Crippen molar-refractivity contribution >= 4 is 38.2 Å². The molecule has 0 aliphatic rings. The molecule has 0 fully saturated rings. The van der Waals surface area contributed by atoms with E-state index in [0.717, 1.165) is 0 Å². The van der Waals surface area contributed by atoms with Gasteiger partial charge in [-0.2, -0.15) is 0 Å². The summed E-state index contributed by atoms with van der Waals surface area (Å²) in [5.74, 6) is 0. The molecule has 0 rings (SSSR count). The molecule has 0 saturated heterocycles. The van der Waals surface area contributed by atoms with Gasteiger partial charge in [0.2, 0.25) is 0 Å². The van der Waals surface area contributed by atoms with Gasteiger partial charge in [0.1, 0.15) is 13.6 Å². The van der Waals surface area contributed by atoms with Gasteiger partial charge in [-0.05, 0) is 0 Å². The van der Waals surface area contributed by atoms with Crippen LogP contribution in [0.25, 0.3) is 0 Å². The predicted octanol–water partition coefficient (Wildman–Crippen LogP) is -7.37. The SMILES string of the molecule is C=O.C=O.O.O.OSO.[Na+].[Na+].[O-]S[O-]. The molecule has 0 aliphatic carbocycles. The molecule has 0 atom stereocenters. The van der Waals surface area contributed by atoms with Crippen LogP contribution in [0.1, 0.15) is 0 Å². The Labute approximate surface area is 134 Å². The topological polar surface area (TPSA) is 184 Å². The van der Waals surface area contributed by atoms with Gasteiger partial charge in [0.15, 0.2) is 12.3 Å². The van der Waals surface area contributed by atoms with Crippen LogP contribution < -0.4 is 59.1 Å². The summed E-state index contributed by atoms with van der Waals surface area (Å²) in [4.78, 5) is 16.0. The van der Waals surface area contributed by atoms with Gasteiger partial charge in [0.05, 0.1) is 0 Å². The summed E-state index contributed by atoms with van der Waals surface area (Å²) in [6.45, 7) is 4.00. The van der Waals surface area contributed by atoms with Gasteiger partial charge in [-0.15, -0.1) is 0 Å². The molecular formula is C2H10Na2O8S2. The van der Waals surface area contributed by atoms with Gasteiger partial charge in [0.25, 0.3) is 0 Å². The third kappa shape index (κ3) is 698. The molecule has 0 aliphatic heterocycles. The van der Waals surface area contributed by atoms with Crippen molar-refractivity contribution in [2.45, 2.75) is 0 Å². The monoisotopic (exact) mass is 272 g/mol. The summed E-state index contributed by atoms with van der Waals surface area (Å²) < 4.78 is 30.7. The number of hydrogen-bond acceptors (Lipinski definition) is 8. The Morgan fingerprint density at radius 2 is 0.857 bits per heavy atom. The second kappa shape index (κ2) is 195. The van der Waals surface area contributed by atoms with Crippen LogP contribution in [0.3, 0.4) is 0 Å². The minimum atomic E-state index is -0.750. The first-order chi connectivity index (χ1) is 4.83. The number of carbonyl (C=O) groups excluding carboxylic acids is 2. The van der Waals surface area contributed by atoms with Crippen molar-refractivity contribution in [1.29, 1.82) is 0 Å². The van der Waals surface area contributed by atoms with Gasteiger partial charge in [-0.3, -0.25) is 0 Å². The van der Waals surface area contributed by atoms with E-state index in [1.807, 2.05) is 13.6 Å². The molecular weight excluding hydrogens is 262 g/mol. The first kappa shape index (κ1) is 56.9.